The van der Waals surface area contributed by atoms with Crippen molar-refractivity contribution in [2.45, 2.75) is 20.0 Å². The van der Waals surface area contributed by atoms with Crippen LogP contribution in [0.1, 0.15) is 25.0 Å². The SMILES string of the molecule is CC(C)COc1ccc(/C=N\Nc2ccc(C(F)(F)F)cn2)cc1. The number of aromatic nitrogens is 1. The average Bonchev–Trinajstić information content (AvgIpc) is 2.54. The van der Waals surface area contributed by atoms with Crippen LogP contribution in [0, 0.1) is 5.92 Å². The second-order valence-electron chi connectivity index (χ2n) is 5.57. The predicted molar refractivity (Wildman–Crippen MR) is 87.2 cm³/mol. The Morgan fingerprint density at radius 2 is 1.88 bits per heavy atom. The molecule has 0 radical (unpaired) electrons. The molecule has 0 saturated heterocycles. The smallest absolute Gasteiger partial charge is 0.417 e. The molecule has 0 fully saturated rings. The molecule has 2 rings (SSSR count). The van der Waals surface area contributed by atoms with Crippen molar-refractivity contribution in [3.63, 3.8) is 0 Å². The van der Waals surface area contributed by atoms with Gasteiger partial charge in [0.15, 0.2) is 0 Å². The molecule has 0 aliphatic heterocycles. The van der Waals surface area contributed by atoms with Gasteiger partial charge in [-0.3, -0.25) is 5.43 Å². The second kappa shape index (κ2) is 7.81. The molecule has 0 aliphatic carbocycles. The number of nitrogens with zero attached hydrogens (tertiary/aromatic N) is 2. The zero-order valence-electron chi connectivity index (χ0n) is 13.3. The quantitative estimate of drug-likeness (QED) is 0.620. The summed E-state index contributed by atoms with van der Waals surface area (Å²) in [4.78, 5) is 3.67. The fourth-order valence-corrected chi connectivity index (χ4v) is 1.71. The predicted octanol–water partition coefficient (Wildman–Crippen LogP) is 4.58. The first-order valence-corrected chi connectivity index (χ1v) is 7.40. The maximum absolute atomic E-state index is 12.4. The monoisotopic (exact) mass is 337 g/mol. The van der Waals surface area contributed by atoms with Crippen molar-refractivity contribution in [2.75, 3.05) is 12.0 Å². The van der Waals surface area contributed by atoms with E-state index in [2.05, 4.69) is 29.4 Å². The Bertz CT molecular complexity index is 665. The minimum Gasteiger partial charge on any atom is -0.493 e. The largest absolute Gasteiger partial charge is 0.493 e. The number of ether oxygens (including phenoxy) is 1. The number of pyridine rings is 1. The van der Waals surface area contributed by atoms with Crippen LogP contribution in [-0.2, 0) is 6.18 Å². The van der Waals surface area contributed by atoms with Gasteiger partial charge in [-0.15, -0.1) is 0 Å². The zero-order chi connectivity index (χ0) is 17.6. The Labute approximate surface area is 138 Å². The number of halogens is 3. The van der Waals surface area contributed by atoms with Crippen LogP contribution in [0.4, 0.5) is 19.0 Å². The maximum Gasteiger partial charge on any atom is 0.417 e. The summed E-state index contributed by atoms with van der Waals surface area (Å²) < 4.78 is 42.8. The van der Waals surface area contributed by atoms with E-state index in [0.29, 0.717) is 12.5 Å². The molecule has 7 heteroatoms. The van der Waals surface area contributed by atoms with Gasteiger partial charge in [0.25, 0.3) is 0 Å². The number of hydrogen-bond donors (Lipinski definition) is 1. The van der Waals surface area contributed by atoms with Crippen molar-refractivity contribution >= 4 is 12.0 Å². The summed E-state index contributed by atoms with van der Waals surface area (Å²) in [7, 11) is 0. The lowest BCUT2D eigenvalue weighted by atomic mass is 10.2. The van der Waals surface area contributed by atoms with Crippen LogP contribution in [-0.4, -0.2) is 17.8 Å². The fourth-order valence-electron chi connectivity index (χ4n) is 1.71. The molecule has 0 saturated carbocycles. The first-order valence-electron chi connectivity index (χ1n) is 7.40. The van der Waals surface area contributed by atoms with Crippen LogP contribution in [0.5, 0.6) is 5.75 Å². The van der Waals surface area contributed by atoms with E-state index in [-0.39, 0.29) is 5.82 Å². The van der Waals surface area contributed by atoms with Crippen LogP contribution in [0.15, 0.2) is 47.7 Å². The number of hydrazone groups is 1. The Balaban J connectivity index is 1.89. The van der Waals surface area contributed by atoms with E-state index in [4.69, 9.17) is 4.74 Å². The first kappa shape index (κ1) is 17.8. The third-order valence-corrected chi connectivity index (χ3v) is 2.95. The minimum atomic E-state index is -4.39. The van der Waals surface area contributed by atoms with Gasteiger partial charge < -0.3 is 4.74 Å². The topological polar surface area (TPSA) is 46.5 Å². The Kier molecular flexibility index (Phi) is 5.78. The molecule has 0 unspecified atom stereocenters. The van der Waals surface area contributed by atoms with Crippen molar-refractivity contribution in [1.29, 1.82) is 0 Å². The van der Waals surface area contributed by atoms with Crippen molar-refractivity contribution in [3.8, 4) is 5.75 Å². The van der Waals surface area contributed by atoms with E-state index in [1.165, 1.54) is 6.07 Å². The molecule has 0 bridgehead atoms. The lowest BCUT2D eigenvalue weighted by Crippen LogP contribution is -2.05. The van der Waals surface area contributed by atoms with Gasteiger partial charge in [-0.1, -0.05) is 13.8 Å². The fraction of sp³-hybridized carbons (Fsp3) is 0.294. The summed E-state index contributed by atoms with van der Waals surface area (Å²) >= 11 is 0. The molecular formula is C17H18F3N3O. The van der Waals surface area contributed by atoms with Crippen molar-refractivity contribution in [1.82, 2.24) is 4.98 Å². The number of nitrogens with one attached hydrogen (secondary N) is 1. The molecule has 4 nitrogen and oxygen atoms in total. The molecule has 1 aromatic carbocycles. The summed E-state index contributed by atoms with van der Waals surface area (Å²) in [6.45, 7) is 4.79. The van der Waals surface area contributed by atoms with E-state index in [1.807, 2.05) is 24.3 Å². The Hall–Kier alpha value is -2.57. The first-order chi connectivity index (χ1) is 11.3. The van der Waals surface area contributed by atoms with Crippen molar-refractivity contribution < 1.29 is 17.9 Å². The van der Waals surface area contributed by atoms with E-state index in [1.54, 1.807) is 6.21 Å². The van der Waals surface area contributed by atoms with Gasteiger partial charge >= 0.3 is 6.18 Å². The lowest BCUT2D eigenvalue weighted by Gasteiger charge is -2.08. The minimum absolute atomic E-state index is 0.233. The zero-order valence-corrected chi connectivity index (χ0v) is 13.3. The third kappa shape index (κ3) is 5.57. The van der Waals surface area contributed by atoms with Crippen molar-refractivity contribution in [2.24, 2.45) is 11.0 Å². The van der Waals surface area contributed by atoms with Gasteiger partial charge in [-0.25, -0.2) is 4.98 Å². The van der Waals surface area contributed by atoms with Crippen LogP contribution >= 0.6 is 0 Å². The highest BCUT2D eigenvalue weighted by Crippen LogP contribution is 2.28. The third-order valence-electron chi connectivity index (χ3n) is 2.95. The van der Waals surface area contributed by atoms with Gasteiger partial charge in [-0.2, -0.15) is 18.3 Å². The second-order valence-corrected chi connectivity index (χ2v) is 5.57. The molecular weight excluding hydrogens is 319 g/mol. The van der Waals surface area contributed by atoms with Gasteiger partial charge in [0.1, 0.15) is 11.6 Å². The van der Waals surface area contributed by atoms with E-state index in [0.717, 1.165) is 23.6 Å². The lowest BCUT2D eigenvalue weighted by molar-refractivity contribution is -0.137. The standard InChI is InChI=1S/C17H18F3N3O/c1-12(2)11-24-15-6-3-13(4-7-15)9-22-23-16-8-5-14(10-21-16)17(18,19)20/h3-10,12H,11H2,1-2H3,(H,21,23)/b22-9-. The molecule has 1 heterocycles. The van der Waals surface area contributed by atoms with Crippen LogP contribution < -0.4 is 10.2 Å². The highest BCUT2D eigenvalue weighted by molar-refractivity contribution is 5.80. The number of rotatable bonds is 6. The molecule has 0 atom stereocenters. The summed E-state index contributed by atoms with van der Waals surface area (Å²) in [5.41, 5.74) is 2.61. The Morgan fingerprint density at radius 1 is 1.17 bits per heavy atom. The maximum atomic E-state index is 12.4. The average molecular weight is 337 g/mol. The summed E-state index contributed by atoms with van der Waals surface area (Å²) in [6, 6.07) is 9.51. The van der Waals surface area contributed by atoms with Crippen molar-refractivity contribution in [3.05, 3.63) is 53.7 Å². The molecule has 0 spiro atoms. The van der Waals surface area contributed by atoms with Crippen LogP contribution in [0.2, 0.25) is 0 Å². The van der Waals surface area contributed by atoms with Crippen LogP contribution in [0.3, 0.4) is 0 Å². The van der Waals surface area contributed by atoms with Gasteiger partial charge in [-0.05, 0) is 47.9 Å². The van der Waals surface area contributed by atoms with E-state index < -0.39 is 11.7 Å². The number of benzene rings is 1. The van der Waals surface area contributed by atoms with E-state index in [9.17, 15) is 13.2 Å². The number of anilines is 1. The summed E-state index contributed by atoms with van der Waals surface area (Å²) in [6.07, 6.45) is -2.08. The molecule has 0 aliphatic rings. The van der Waals surface area contributed by atoms with Crippen LogP contribution in [0.25, 0.3) is 0 Å². The van der Waals surface area contributed by atoms with Gasteiger partial charge in [0, 0.05) is 6.20 Å². The highest BCUT2D eigenvalue weighted by Gasteiger charge is 2.30. The molecule has 0 amide bonds. The molecule has 1 N–H and O–H groups in total. The number of alkyl halides is 3. The summed E-state index contributed by atoms with van der Waals surface area (Å²) in [5, 5.41) is 3.95. The van der Waals surface area contributed by atoms with E-state index >= 15 is 0 Å². The molecule has 128 valence electrons. The Morgan fingerprint density at radius 3 is 2.42 bits per heavy atom. The molecule has 2 aromatic rings. The molecule has 1 aromatic heterocycles. The van der Waals surface area contributed by atoms with Gasteiger partial charge in [0.2, 0.25) is 0 Å². The molecule has 24 heavy (non-hydrogen) atoms. The highest BCUT2D eigenvalue weighted by atomic mass is 19.4. The normalized spacial score (nSPS) is 11.9. The number of hydrogen-bond acceptors (Lipinski definition) is 4. The summed E-state index contributed by atoms with van der Waals surface area (Å²) in [5.74, 6) is 1.46. The van der Waals surface area contributed by atoms with Gasteiger partial charge in [0.05, 0.1) is 18.4 Å².